The minimum Gasteiger partial charge on any atom is -0.358 e. The summed E-state index contributed by atoms with van der Waals surface area (Å²) in [4.78, 5) is 21.9. The van der Waals surface area contributed by atoms with E-state index in [-0.39, 0.29) is 18.3 Å². The van der Waals surface area contributed by atoms with Crippen molar-refractivity contribution in [2.24, 2.45) is 0 Å². The van der Waals surface area contributed by atoms with Crippen molar-refractivity contribution in [3.05, 3.63) is 51.7 Å². The predicted molar refractivity (Wildman–Crippen MR) is 73.4 cm³/mol. The topological polar surface area (TPSA) is 114 Å². The largest absolute Gasteiger partial charge is 0.390 e. The lowest BCUT2D eigenvalue weighted by atomic mass is 10.2. The molecule has 2 aromatic rings. The van der Waals surface area contributed by atoms with Crippen LogP contribution in [0.3, 0.4) is 0 Å². The van der Waals surface area contributed by atoms with Crippen LogP contribution in [0, 0.1) is 28.4 Å². The van der Waals surface area contributed by atoms with E-state index < -0.39 is 4.92 Å². The predicted octanol–water partition coefficient (Wildman–Crippen LogP) is 1.61. The first kappa shape index (κ1) is 14.2. The van der Waals surface area contributed by atoms with Gasteiger partial charge in [-0.25, -0.2) is 0 Å². The summed E-state index contributed by atoms with van der Waals surface area (Å²) in [5, 5.41) is 25.6. The van der Waals surface area contributed by atoms with E-state index >= 15 is 0 Å². The molecule has 0 fully saturated rings. The van der Waals surface area contributed by atoms with Gasteiger partial charge in [0, 0.05) is 5.69 Å². The number of aromatic nitrogens is 2. The van der Waals surface area contributed by atoms with E-state index in [2.05, 4.69) is 10.4 Å². The quantitative estimate of drug-likeness (QED) is 0.677. The molecule has 0 aliphatic carbocycles. The van der Waals surface area contributed by atoms with Gasteiger partial charge in [-0.2, -0.15) is 9.94 Å². The number of anilines is 1. The van der Waals surface area contributed by atoms with Crippen LogP contribution in [0.1, 0.15) is 11.3 Å². The molecule has 0 unspecified atom stereocenters. The zero-order chi connectivity index (χ0) is 15.4. The highest BCUT2D eigenvalue weighted by molar-refractivity contribution is 5.90. The number of carbonyl (C=O) groups is 1. The second kappa shape index (κ2) is 5.83. The van der Waals surface area contributed by atoms with Crippen molar-refractivity contribution in [1.82, 2.24) is 9.78 Å². The minimum absolute atomic E-state index is 0.125. The molecule has 8 nitrogen and oxygen atoms in total. The summed E-state index contributed by atoms with van der Waals surface area (Å²) in [6, 6.07) is 9.66. The molecule has 1 heterocycles. The fourth-order valence-electron chi connectivity index (χ4n) is 1.71. The molecule has 0 radical (unpaired) electrons. The normalized spacial score (nSPS) is 9.90. The van der Waals surface area contributed by atoms with Crippen LogP contribution in [-0.2, 0) is 11.3 Å². The Balaban J connectivity index is 2.04. The third kappa shape index (κ3) is 3.42. The number of nitriles is 1. The standard InChI is InChI=1S/C13H11N5O3/c1-9-6-12(18(20)21)16-17(9)8-13(19)15-11-4-2-10(7-14)3-5-11/h2-6H,8H2,1H3,(H,15,19). The Morgan fingerprint density at radius 2 is 2.14 bits per heavy atom. The van der Waals surface area contributed by atoms with Gasteiger partial charge in [-0.1, -0.05) is 0 Å². The van der Waals surface area contributed by atoms with Gasteiger partial charge in [0.1, 0.15) is 6.54 Å². The SMILES string of the molecule is Cc1cc([N+](=O)[O-])nn1CC(=O)Nc1ccc(C#N)cc1. The van der Waals surface area contributed by atoms with Gasteiger partial charge < -0.3 is 15.4 Å². The van der Waals surface area contributed by atoms with Crippen LogP contribution >= 0.6 is 0 Å². The van der Waals surface area contributed by atoms with E-state index in [1.54, 1.807) is 31.2 Å². The fraction of sp³-hybridized carbons (Fsp3) is 0.154. The van der Waals surface area contributed by atoms with E-state index in [1.807, 2.05) is 6.07 Å². The smallest absolute Gasteiger partial charge is 0.358 e. The summed E-state index contributed by atoms with van der Waals surface area (Å²) in [6.07, 6.45) is 0. The Morgan fingerprint density at radius 1 is 1.48 bits per heavy atom. The van der Waals surface area contributed by atoms with Crippen molar-refractivity contribution in [3.8, 4) is 6.07 Å². The Labute approximate surface area is 119 Å². The van der Waals surface area contributed by atoms with Crippen molar-refractivity contribution < 1.29 is 9.72 Å². The van der Waals surface area contributed by atoms with E-state index in [9.17, 15) is 14.9 Å². The number of hydrogen-bond acceptors (Lipinski definition) is 5. The second-order valence-electron chi connectivity index (χ2n) is 4.30. The van der Waals surface area contributed by atoms with Gasteiger partial charge in [0.25, 0.3) is 0 Å². The molecule has 1 aromatic heterocycles. The Kier molecular flexibility index (Phi) is 3.95. The molecular formula is C13H11N5O3. The lowest BCUT2D eigenvalue weighted by Crippen LogP contribution is -2.20. The Bertz CT molecular complexity index is 727. The summed E-state index contributed by atoms with van der Waals surface area (Å²) >= 11 is 0. The van der Waals surface area contributed by atoms with E-state index in [1.165, 1.54) is 10.7 Å². The van der Waals surface area contributed by atoms with Crippen LogP contribution < -0.4 is 5.32 Å². The van der Waals surface area contributed by atoms with E-state index in [0.29, 0.717) is 16.9 Å². The molecule has 1 aromatic carbocycles. The van der Waals surface area contributed by atoms with Crippen LogP contribution in [0.15, 0.2) is 30.3 Å². The number of hydrogen-bond donors (Lipinski definition) is 1. The third-order valence-electron chi connectivity index (χ3n) is 2.75. The number of carbonyl (C=O) groups excluding carboxylic acids is 1. The molecule has 0 spiro atoms. The first-order chi connectivity index (χ1) is 9.99. The van der Waals surface area contributed by atoms with Gasteiger partial charge in [0.15, 0.2) is 0 Å². The average molecular weight is 285 g/mol. The van der Waals surface area contributed by atoms with Crippen molar-refractivity contribution in [2.45, 2.75) is 13.5 Å². The van der Waals surface area contributed by atoms with Crippen molar-refractivity contribution >= 4 is 17.4 Å². The van der Waals surface area contributed by atoms with Crippen LogP contribution in [-0.4, -0.2) is 20.6 Å². The molecule has 0 saturated carbocycles. The third-order valence-corrected chi connectivity index (χ3v) is 2.75. The number of aryl methyl sites for hydroxylation is 1. The van der Waals surface area contributed by atoms with E-state index in [4.69, 9.17) is 5.26 Å². The van der Waals surface area contributed by atoms with Crippen molar-refractivity contribution in [2.75, 3.05) is 5.32 Å². The Morgan fingerprint density at radius 3 is 2.67 bits per heavy atom. The van der Waals surface area contributed by atoms with Gasteiger partial charge >= 0.3 is 5.82 Å². The highest BCUT2D eigenvalue weighted by atomic mass is 16.6. The van der Waals surface area contributed by atoms with Crippen LogP contribution in [0.5, 0.6) is 0 Å². The number of rotatable bonds is 4. The molecule has 2 rings (SSSR count). The highest BCUT2D eigenvalue weighted by Gasteiger charge is 2.17. The van der Waals surface area contributed by atoms with Crippen molar-refractivity contribution in [1.29, 1.82) is 5.26 Å². The molecular weight excluding hydrogens is 274 g/mol. The minimum atomic E-state index is -0.609. The van der Waals surface area contributed by atoms with Crippen molar-refractivity contribution in [3.63, 3.8) is 0 Å². The van der Waals surface area contributed by atoms with Gasteiger partial charge in [-0.15, -0.1) is 0 Å². The van der Waals surface area contributed by atoms with Gasteiger partial charge in [-0.3, -0.25) is 4.79 Å². The van der Waals surface area contributed by atoms with Crippen LogP contribution in [0.4, 0.5) is 11.5 Å². The molecule has 8 heteroatoms. The monoisotopic (exact) mass is 285 g/mol. The summed E-state index contributed by atoms with van der Waals surface area (Å²) in [7, 11) is 0. The number of benzene rings is 1. The number of nitrogens with zero attached hydrogens (tertiary/aromatic N) is 4. The highest BCUT2D eigenvalue weighted by Crippen LogP contribution is 2.12. The first-order valence-corrected chi connectivity index (χ1v) is 5.98. The lowest BCUT2D eigenvalue weighted by Gasteiger charge is -2.04. The maximum Gasteiger partial charge on any atom is 0.390 e. The molecule has 0 aliphatic rings. The van der Waals surface area contributed by atoms with Crippen LogP contribution in [0.2, 0.25) is 0 Å². The summed E-state index contributed by atoms with van der Waals surface area (Å²) in [6.45, 7) is 1.51. The second-order valence-corrected chi connectivity index (χ2v) is 4.30. The van der Waals surface area contributed by atoms with Gasteiger partial charge in [0.2, 0.25) is 5.91 Å². The molecule has 0 aliphatic heterocycles. The van der Waals surface area contributed by atoms with Gasteiger partial charge in [-0.05, 0) is 36.1 Å². The molecule has 21 heavy (non-hydrogen) atoms. The van der Waals surface area contributed by atoms with Crippen LogP contribution in [0.25, 0.3) is 0 Å². The number of amides is 1. The molecule has 1 amide bonds. The number of nitro groups is 1. The maximum atomic E-state index is 11.9. The lowest BCUT2D eigenvalue weighted by molar-refractivity contribution is -0.389. The first-order valence-electron chi connectivity index (χ1n) is 5.98. The zero-order valence-electron chi connectivity index (χ0n) is 11.1. The summed E-state index contributed by atoms with van der Waals surface area (Å²) < 4.78 is 1.26. The van der Waals surface area contributed by atoms with E-state index in [0.717, 1.165) is 0 Å². The number of nitrogens with one attached hydrogen (secondary N) is 1. The molecule has 1 N–H and O–H groups in total. The molecule has 106 valence electrons. The molecule has 0 bridgehead atoms. The van der Waals surface area contributed by atoms with Gasteiger partial charge in [0.05, 0.1) is 28.5 Å². The Hall–Kier alpha value is -3.21. The summed E-state index contributed by atoms with van der Waals surface area (Å²) in [5.41, 5.74) is 1.56. The fourth-order valence-corrected chi connectivity index (χ4v) is 1.71. The maximum absolute atomic E-state index is 11.9. The zero-order valence-corrected chi connectivity index (χ0v) is 11.1. The average Bonchev–Trinajstić information content (AvgIpc) is 2.81. The molecule has 0 saturated heterocycles. The summed E-state index contributed by atoms with van der Waals surface area (Å²) in [5.74, 6) is -0.653. The molecule has 0 atom stereocenters.